The zero-order valence-electron chi connectivity index (χ0n) is 13.2. The maximum absolute atomic E-state index is 12.0. The number of nitrogens with one attached hydrogen (secondary N) is 1. The summed E-state index contributed by atoms with van der Waals surface area (Å²) in [5.41, 5.74) is 2.80. The SMILES string of the molecule is COc1cccc(/C=N/NC(=O)C(C)Oc2ccc(Br)cc2)c1O. The molecule has 2 aromatic rings. The molecule has 0 radical (unpaired) electrons. The Morgan fingerprint density at radius 3 is 2.67 bits per heavy atom. The molecule has 126 valence electrons. The van der Waals surface area contributed by atoms with E-state index in [0.717, 1.165) is 4.47 Å². The maximum Gasteiger partial charge on any atom is 0.280 e. The first-order chi connectivity index (χ1) is 11.5. The molecular formula is C17H17BrN2O4. The maximum atomic E-state index is 12.0. The van der Waals surface area contributed by atoms with Crippen molar-refractivity contribution in [2.45, 2.75) is 13.0 Å². The summed E-state index contributed by atoms with van der Waals surface area (Å²) in [5.74, 6) is 0.459. The van der Waals surface area contributed by atoms with Gasteiger partial charge in [0, 0.05) is 10.0 Å². The number of para-hydroxylation sites is 1. The van der Waals surface area contributed by atoms with Crippen molar-refractivity contribution in [2.75, 3.05) is 7.11 Å². The molecule has 0 fully saturated rings. The number of hydrogen-bond donors (Lipinski definition) is 2. The molecule has 6 nitrogen and oxygen atoms in total. The topological polar surface area (TPSA) is 80.2 Å². The number of carbonyl (C=O) groups excluding carboxylic acids is 1. The fourth-order valence-electron chi connectivity index (χ4n) is 1.84. The molecule has 1 amide bonds. The van der Waals surface area contributed by atoms with E-state index >= 15 is 0 Å². The van der Waals surface area contributed by atoms with E-state index in [4.69, 9.17) is 9.47 Å². The molecule has 7 heteroatoms. The van der Waals surface area contributed by atoms with E-state index in [0.29, 0.717) is 17.1 Å². The highest BCUT2D eigenvalue weighted by atomic mass is 79.9. The lowest BCUT2D eigenvalue weighted by molar-refractivity contribution is -0.127. The van der Waals surface area contributed by atoms with Gasteiger partial charge in [-0.3, -0.25) is 4.79 Å². The van der Waals surface area contributed by atoms with Gasteiger partial charge in [0.05, 0.1) is 13.3 Å². The van der Waals surface area contributed by atoms with Crippen molar-refractivity contribution in [2.24, 2.45) is 5.10 Å². The first-order valence-corrected chi connectivity index (χ1v) is 7.91. The molecule has 0 aliphatic rings. The Bertz CT molecular complexity index is 732. The third kappa shape index (κ3) is 4.73. The van der Waals surface area contributed by atoms with Crippen molar-refractivity contribution in [1.29, 1.82) is 0 Å². The molecule has 2 N–H and O–H groups in total. The smallest absolute Gasteiger partial charge is 0.280 e. The number of hydrogen-bond acceptors (Lipinski definition) is 5. The highest BCUT2D eigenvalue weighted by molar-refractivity contribution is 9.10. The van der Waals surface area contributed by atoms with E-state index in [2.05, 4.69) is 26.5 Å². The van der Waals surface area contributed by atoms with E-state index < -0.39 is 12.0 Å². The van der Waals surface area contributed by atoms with Gasteiger partial charge in [0.15, 0.2) is 17.6 Å². The number of ether oxygens (including phenoxy) is 2. The molecule has 2 aromatic carbocycles. The standard InChI is InChI=1S/C17H17BrN2O4/c1-11(24-14-8-6-13(18)7-9-14)17(22)20-19-10-12-4-3-5-15(23-2)16(12)21/h3-11,21H,1-2H3,(H,20,22)/b19-10+. The predicted octanol–water partition coefficient (Wildman–Crippen LogP) is 3.08. The molecule has 0 spiro atoms. The van der Waals surface area contributed by atoms with Crippen LogP contribution in [-0.4, -0.2) is 30.4 Å². The normalized spacial score (nSPS) is 12.0. The number of phenolic OH excluding ortho intramolecular Hbond substituents is 1. The summed E-state index contributed by atoms with van der Waals surface area (Å²) in [5, 5.41) is 13.7. The summed E-state index contributed by atoms with van der Waals surface area (Å²) in [6.45, 7) is 1.62. The molecule has 24 heavy (non-hydrogen) atoms. The minimum atomic E-state index is -0.720. The second-order valence-corrected chi connectivity index (χ2v) is 5.76. The zero-order valence-corrected chi connectivity index (χ0v) is 14.8. The van der Waals surface area contributed by atoms with Gasteiger partial charge in [-0.1, -0.05) is 22.0 Å². The first-order valence-electron chi connectivity index (χ1n) is 7.12. The molecule has 0 aliphatic heterocycles. The number of aromatic hydroxyl groups is 1. The Labute approximate surface area is 148 Å². The van der Waals surface area contributed by atoms with Crippen LogP contribution in [0.15, 0.2) is 52.0 Å². The largest absolute Gasteiger partial charge is 0.504 e. The number of rotatable bonds is 6. The van der Waals surface area contributed by atoms with Crippen LogP contribution >= 0.6 is 15.9 Å². The monoisotopic (exact) mass is 392 g/mol. The number of phenols is 1. The van der Waals surface area contributed by atoms with Gasteiger partial charge in [0.2, 0.25) is 0 Å². The molecule has 0 bridgehead atoms. The molecule has 1 unspecified atom stereocenters. The Morgan fingerprint density at radius 1 is 1.29 bits per heavy atom. The first kappa shape index (κ1) is 17.8. The number of nitrogens with zero attached hydrogens (tertiary/aromatic N) is 1. The Kier molecular flexibility index (Phi) is 6.20. The zero-order chi connectivity index (χ0) is 17.5. The van der Waals surface area contributed by atoms with Gasteiger partial charge >= 0.3 is 0 Å². The number of benzene rings is 2. The van der Waals surface area contributed by atoms with Crippen molar-refractivity contribution < 1.29 is 19.4 Å². The number of amides is 1. The fourth-order valence-corrected chi connectivity index (χ4v) is 2.10. The van der Waals surface area contributed by atoms with Crippen LogP contribution in [0.5, 0.6) is 17.2 Å². The number of carbonyl (C=O) groups is 1. The van der Waals surface area contributed by atoms with E-state index in [1.165, 1.54) is 13.3 Å². The van der Waals surface area contributed by atoms with Crippen LogP contribution in [0.2, 0.25) is 0 Å². The third-order valence-electron chi connectivity index (χ3n) is 3.12. The summed E-state index contributed by atoms with van der Waals surface area (Å²) in [6.07, 6.45) is 0.615. The lowest BCUT2D eigenvalue weighted by atomic mass is 10.2. The lowest BCUT2D eigenvalue weighted by Gasteiger charge is -2.12. The molecule has 1 atom stereocenters. The van der Waals surface area contributed by atoms with Gasteiger partial charge in [-0.05, 0) is 43.3 Å². The van der Waals surface area contributed by atoms with Gasteiger partial charge < -0.3 is 14.6 Å². The van der Waals surface area contributed by atoms with Crippen LogP contribution in [0.25, 0.3) is 0 Å². The van der Waals surface area contributed by atoms with Crippen LogP contribution in [-0.2, 0) is 4.79 Å². The number of hydrazone groups is 1. The van der Waals surface area contributed by atoms with Crippen molar-refractivity contribution in [3.8, 4) is 17.2 Å². The van der Waals surface area contributed by atoms with Crippen molar-refractivity contribution >= 4 is 28.1 Å². The molecule has 0 heterocycles. The highest BCUT2D eigenvalue weighted by Gasteiger charge is 2.14. The average molecular weight is 393 g/mol. The minimum Gasteiger partial charge on any atom is -0.504 e. The Hall–Kier alpha value is -2.54. The van der Waals surface area contributed by atoms with Crippen molar-refractivity contribution in [3.05, 3.63) is 52.5 Å². The second kappa shape index (κ2) is 8.35. The van der Waals surface area contributed by atoms with E-state index in [1.807, 2.05) is 12.1 Å². The predicted molar refractivity (Wildman–Crippen MR) is 94.6 cm³/mol. The molecule has 0 saturated heterocycles. The summed E-state index contributed by atoms with van der Waals surface area (Å²) >= 11 is 3.33. The van der Waals surface area contributed by atoms with E-state index in [9.17, 15) is 9.90 Å². The van der Waals surface area contributed by atoms with Gasteiger partial charge in [-0.25, -0.2) is 5.43 Å². The minimum absolute atomic E-state index is 0.0443. The third-order valence-corrected chi connectivity index (χ3v) is 3.65. The van der Waals surface area contributed by atoms with E-state index in [1.54, 1.807) is 37.3 Å². The quantitative estimate of drug-likeness (QED) is 0.584. The van der Waals surface area contributed by atoms with Gasteiger partial charge in [0.25, 0.3) is 5.91 Å². The summed E-state index contributed by atoms with van der Waals surface area (Å²) in [4.78, 5) is 12.0. The van der Waals surface area contributed by atoms with Crippen LogP contribution in [0, 0.1) is 0 Å². The summed E-state index contributed by atoms with van der Waals surface area (Å²) in [7, 11) is 1.46. The molecule has 0 aliphatic carbocycles. The molecular weight excluding hydrogens is 376 g/mol. The van der Waals surface area contributed by atoms with Crippen molar-refractivity contribution in [3.63, 3.8) is 0 Å². The van der Waals surface area contributed by atoms with Crippen LogP contribution < -0.4 is 14.9 Å². The van der Waals surface area contributed by atoms with E-state index in [-0.39, 0.29) is 5.75 Å². The second-order valence-electron chi connectivity index (χ2n) is 4.85. The molecule has 0 saturated carbocycles. The van der Waals surface area contributed by atoms with Crippen LogP contribution in [0.4, 0.5) is 0 Å². The van der Waals surface area contributed by atoms with Gasteiger partial charge in [-0.2, -0.15) is 5.10 Å². The Balaban J connectivity index is 1.93. The van der Waals surface area contributed by atoms with Crippen molar-refractivity contribution in [1.82, 2.24) is 5.43 Å². The number of methoxy groups -OCH3 is 1. The number of halogens is 1. The van der Waals surface area contributed by atoms with Crippen LogP contribution in [0.1, 0.15) is 12.5 Å². The lowest BCUT2D eigenvalue weighted by Crippen LogP contribution is -2.33. The van der Waals surface area contributed by atoms with Gasteiger partial charge in [0.1, 0.15) is 5.75 Å². The summed E-state index contributed by atoms with van der Waals surface area (Å²) in [6, 6.07) is 12.1. The summed E-state index contributed by atoms with van der Waals surface area (Å²) < 4.78 is 11.4. The average Bonchev–Trinajstić information content (AvgIpc) is 2.58. The molecule has 0 aromatic heterocycles. The fraction of sp³-hybridized carbons (Fsp3) is 0.176. The molecule has 2 rings (SSSR count). The Morgan fingerprint density at radius 2 is 2.00 bits per heavy atom. The van der Waals surface area contributed by atoms with Crippen LogP contribution in [0.3, 0.4) is 0 Å². The highest BCUT2D eigenvalue weighted by Crippen LogP contribution is 2.27. The van der Waals surface area contributed by atoms with Gasteiger partial charge in [-0.15, -0.1) is 0 Å².